The number of aliphatic imine (C=N–C) groups is 1. The quantitative estimate of drug-likeness (QED) is 0.595. The number of piperidine rings is 1. The predicted molar refractivity (Wildman–Crippen MR) is 100 cm³/mol. The summed E-state index contributed by atoms with van der Waals surface area (Å²) in [6.07, 6.45) is 3.44. The molecular formula is C19H32N4O. The molecule has 0 bridgehead atoms. The molecule has 1 aromatic rings. The van der Waals surface area contributed by atoms with Crippen LogP contribution in [0.5, 0.6) is 5.75 Å². The molecule has 24 heavy (non-hydrogen) atoms. The lowest BCUT2D eigenvalue weighted by Crippen LogP contribution is -2.39. The fourth-order valence-corrected chi connectivity index (χ4v) is 2.94. The second-order valence-corrected chi connectivity index (χ2v) is 6.75. The van der Waals surface area contributed by atoms with Gasteiger partial charge < -0.3 is 15.8 Å². The Balaban J connectivity index is 1.71. The Morgan fingerprint density at radius 1 is 1.33 bits per heavy atom. The first-order chi connectivity index (χ1) is 11.6. The molecule has 1 heterocycles. The van der Waals surface area contributed by atoms with Crippen LogP contribution in [0.2, 0.25) is 0 Å². The molecule has 0 aliphatic carbocycles. The van der Waals surface area contributed by atoms with E-state index in [4.69, 9.17) is 10.5 Å². The second kappa shape index (κ2) is 9.52. The third-order valence-corrected chi connectivity index (χ3v) is 4.80. The molecule has 134 valence electrons. The van der Waals surface area contributed by atoms with Gasteiger partial charge in [0.05, 0.1) is 7.11 Å². The summed E-state index contributed by atoms with van der Waals surface area (Å²) in [5.41, 5.74) is 7.28. The van der Waals surface area contributed by atoms with Crippen molar-refractivity contribution >= 4 is 5.96 Å². The minimum atomic E-state index is 0.389. The van der Waals surface area contributed by atoms with E-state index in [1.807, 2.05) is 12.1 Å². The summed E-state index contributed by atoms with van der Waals surface area (Å²) in [5.74, 6) is 2.15. The van der Waals surface area contributed by atoms with E-state index in [2.05, 4.69) is 41.2 Å². The van der Waals surface area contributed by atoms with E-state index >= 15 is 0 Å². The lowest BCUT2D eigenvalue weighted by Gasteiger charge is -2.31. The molecule has 1 saturated heterocycles. The van der Waals surface area contributed by atoms with Gasteiger partial charge in [-0.1, -0.05) is 19.1 Å². The highest BCUT2D eigenvalue weighted by Gasteiger charge is 2.19. The molecule has 5 nitrogen and oxygen atoms in total. The molecule has 0 amide bonds. The van der Waals surface area contributed by atoms with Gasteiger partial charge in [-0.05, 0) is 62.9 Å². The van der Waals surface area contributed by atoms with Gasteiger partial charge in [0.15, 0.2) is 5.96 Å². The van der Waals surface area contributed by atoms with Crippen molar-refractivity contribution in [2.75, 3.05) is 26.7 Å². The standard InChI is InChI=1S/C19H32N4O/c1-4-15(2)22-19(20)21-13-16-9-11-23(12-10-16)14-17-5-7-18(24-3)8-6-17/h5-8,15-16H,4,9-14H2,1-3H3,(H3,20,21,22). The summed E-state index contributed by atoms with van der Waals surface area (Å²) < 4.78 is 5.21. The third kappa shape index (κ3) is 6.04. The van der Waals surface area contributed by atoms with Crippen molar-refractivity contribution in [2.45, 2.75) is 45.7 Å². The van der Waals surface area contributed by atoms with Gasteiger partial charge in [-0.15, -0.1) is 0 Å². The Morgan fingerprint density at radius 2 is 2.00 bits per heavy atom. The molecule has 1 atom stereocenters. The largest absolute Gasteiger partial charge is 0.497 e. The monoisotopic (exact) mass is 332 g/mol. The van der Waals surface area contributed by atoms with Crippen LogP contribution in [0.3, 0.4) is 0 Å². The first-order valence-corrected chi connectivity index (χ1v) is 9.02. The fourth-order valence-electron chi connectivity index (χ4n) is 2.94. The number of nitrogens with one attached hydrogen (secondary N) is 1. The summed E-state index contributed by atoms with van der Waals surface area (Å²) in [4.78, 5) is 7.03. The van der Waals surface area contributed by atoms with Crippen molar-refractivity contribution in [1.82, 2.24) is 10.2 Å². The molecule has 0 radical (unpaired) electrons. The fraction of sp³-hybridized carbons (Fsp3) is 0.632. The van der Waals surface area contributed by atoms with E-state index in [9.17, 15) is 0 Å². The van der Waals surface area contributed by atoms with Gasteiger partial charge in [0.1, 0.15) is 5.75 Å². The SMILES string of the molecule is CCC(C)NC(N)=NCC1CCN(Cc2ccc(OC)cc2)CC1. The number of methoxy groups -OCH3 is 1. The maximum absolute atomic E-state index is 5.94. The average Bonchev–Trinajstić information content (AvgIpc) is 2.61. The summed E-state index contributed by atoms with van der Waals surface area (Å²) in [6.45, 7) is 8.38. The van der Waals surface area contributed by atoms with Crippen molar-refractivity contribution in [3.05, 3.63) is 29.8 Å². The minimum absolute atomic E-state index is 0.389. The zero-order valence-corrected chi connectivity index (χ0v) is 15.3. The molecule has 0 spiro atoms. The number of guanidine groups is 1. The number of ether oxygens (including phenoxy) is 1. The summed E-state index contributed by atoms with van der Waals surface area (Å²) in [6, 6.07) is 8.75. The number of hydrogen-bond donors (Lipinski definition) is 2. The van der Waals surface area contributed by atoms with Crippen LogP contribution < -0.4 is 15.8 Å². The topological polar surface area (TPSA) is 62.9 Å². The molecule has 5 heteroatoms. The van der Waals surface area contributed by atoms with Crippen molar-refractivity contribution in [2.24, 2.45) is 16.6 Å². The van der Waals surface area contributed by atoms with E-state index in [0.717, 1.165) is 38.3 Å². The highest BCUT2D eigenvalue weighted by atomic mass is 16.5. The zero-order valence-electron chi connectivity index (χ0n) is 15.3. The van der Waals surface area contributed by atoms with Gasteiger partial charge in [-0.3, -0.25) is 9.89 Å². The number of nitrogens with zero attached hydrogens (tertiary/aromatic N) is 2. The Hall–Kier alpha value is -1.75. The molecule has 0 aromatic heterocycles. The molecule has 1 fully saturated rings. The molecule has 1 unspecified atom stereocenters. The van der Waals surface area contributed by atoms with Crippen LogP contribution >= 0.6 is 0 Å². The van der Waals surface area contributed by atoms with E-state index in [0.29, 0.717) is 17.9 Å². The molecule has 3 N–H and O–H groups in total. The smallest absolute Gasteiger partial charge is 0.188 e. The van der Waals surface area contributed by atoms with Crippen LogP contribution in [0.1, 0.15) is 38.7 Å². The second-order valence-electron chi connectivity index (χ2n) is 6.75. The number of likely N-dealkylation sites (tertiary alicyclic amines) is 1. The van der Waals surface area contributed by atoms with E-state index in [-0.39, 0.29) is 0 Å². The number of nitrogens with two attached hydrogens (primary N) is 1. The summed E-state index contributed by atoms with van der Waals surface area (Å²) in [5, 5.41) is 3.23. The first-order valence-electron chi connectivity index (χ1n) is 9.02. The molecule has 1 aliphatic heterocycles. The molecule has 2 rings (SSSR count). The maximum Gasteiger partial charge on any atom is 0.188 e. The Bertz CT molecular complexity index is 507. The van der Waals surface area contributed by atoms with E-state index in [1.165, 1.54) is 18.4 Å². The van der Waals surface area contributed by atoms with E-state index < -0.39 is 0 Å². The Kier molecular flexibility index (Phi) is 7.37. The van der Waals surface area contributed by atoms with Crippen LogP contribution in [-0.2, 0) is 6.54 Å². The Labute approximate surface area is 146 Å². The highest BCUT2D eigenvalue weighted by Crippen LogP contribution is 2.20. The maximum atomic E-state index is 5.94. The molecular weight excluding hydrogens is 300 g/mol. The first kappa shape index (κ1) is 18.6. The van der Waals surface area contributed by atoms with Gasteiger partial charge in [-0.25, -0.2) is 0 Å². The normalized spacial score (nSPS) is 18.4. The summed E-state index contributed by atoms with van der Waals surface area (Å²) in [7, 11) is 1.70. The van der Waals surface area contributed by atoms with Gasteiger partial charge in [0.2, 0.25) is 0 Å². The third-order valence-electron chi connectivity index (χ3n) is 4.80. The van der Waals surface area contributed by atoms with Crippen molar-refractivity contribution < 1.29 is 4.74 Å². The zero-order chi connectivity index (χ0) is 17.4. The van der Waals surface area contributed by atoms with Crippen LogP contribution in [0, 0.1) is 5.92 Å². The summed E-state index contributed by atoms with van der Waals surface area (Å²) >= 11 is 0. The van der Waals surface area contributed by atoms with Crippen molar-refractivity contribution in [3.63, 3.8) is 0 Å². The Morgan fingerprint density at radius 3 is 2.58 bits per heavy atom. The number of hydrogen-bond acceptors (Lipinski definition) is 3. The minimum Gasteiger partial charge on any atom is -0.497 e. The van der Waals surface area contributed by atoms with Crippen LogP contribution in [0.4, 0.5) is 0 Å². The van der Waals surface area contributed by atoms with Crippen LogP contribution in [-0.4, -0.2) is 43.6 Å². The van der Waals surface area contributed by atoms with Gasteiger partial charge in [-0.2, -0.15) is 0 Å². The molecule has 0 saturated carbocycles. The lowest BCUT2D eigenvalue weighted by atomic mass is 9.96. The highest BCUT2D eigenvalue weighted by molar-refractivity contribution is 5.78. The van der Waals surface area contributed by atoms with Crippen molar-refractivity contribution in [3.8, 4) is 5.75 Å². The average molecular weight is 332 g/mol. The van der Waals surface area contributed by atoms with Gasteiger partial charge in [0.25, 0.3) is 0 Å². The van der Waals surface area contributed by atoms with Gasteiger partial charge >= 0.3 is 0 Å². The van der Waals surface area contributed by atoms with Crippen molar-refractivity contribution in [1.29, 1.82) is 0 Å². The number of rotatable bonds is 7. The predicted octanol–water partition coefficient (Wildman–Crippen LogP) is 2.61. The number of benzene rings is 1. The van der Waals surface area contributed by atoms with Crippen LogP contribution in [0.25, 0.3) is 0 Å². The van der Waals surface area contributed by atoms with E-state index in [1.54, 1.807) is 7.11 Å². The van der Waals surface area contributed by atoms with Crippen LogP contribution in [0.15, 0.2) is 29.3 Å². The molecule has 1 aliphatic rings. The van der Waals surface area contributed by atoms with Gasteiger partial charge in [0, 0.05) is 19.1 Å². The molecule has 1 aromatic carbocycles. The lowest BCUT2D eigenvalue weighted by molar-refractivity contribution is 0.180.